The molecule has 146 valence electrons. The number of aromatic nitrogens is 2. The monoisotopic (exact) mass is 377 g/mol. The van der Waals surface area contributed by atoms with Gasteiger partial charge in [-0.3, -0.25) is 9.48 Å². The summed E-state index contributed by atoms with van der Waals surface area (Å²) in [7, 11) is 1.66. The summed E-state index contributed by atoms with van der Waals surface area (Å²) in [6.45, 7) is 5.93. The lowest BCUT2D eigenvalue weighted by Crippen LogP contribution is -2.25. The van der Waals surface area contributed by atoms with Gasteiger partial charge in [-0.15, -0.1) is 0 Å². The van der Waals surface area contributed by atoms with Crippen molar-refractivity contribution in [3.8, 4) is 11.3 Å². The highest BCUT2D eigenvalue weighted by atomic mass is 16.5. The van der Waals surface area contributed by atoms with Crippen molar-refractivity contribution in [2.45, 2.75) is 26.8 Å². The second-order valence-electron chi connectivity index (χ2n) is 7.04. The summed E-state index contributed by atoms with van der Waals surface area (Å²) in [5.74, 6) is -0.109. The van der Waals surface area contributed by atoms with Gasteiger partial charge in [0, 0.05) is 32.0 Å². The standard InChI is InChI=1S/C23H27N3O2/c1-17-5-9-19(10-6-17)15-26-16-21(23(27)24-13-4-14-28-3)22(25-26)20-11-7-18(2)8-12-20/h5-12,16H,4,13-15H2,1-3H3,(H,24,27). The van der Waals surface area contributed by atoms with E-state index in [2.05, 4.69) is 36.5 Å². The molecule has 0 aliphatic heterocycles. The molecule has 2 aromatic carbocycles. The van der Waals surface area contributed by atoms with Gasteiger partial charge < -0.3 is 10.1 Å². The van der Waals surface area contributed by atoms with Crippen LogP contribution in [0.25, 0.3) is 11.3 Å². The Kier molecular flexibility index (Phi) is 6.61. The topological polar surface area (TPSA) is 56.1 Å². The highest BCUT2D eigenvalue weighted by Gasteiger charge is 2.18. The number of rotatable bonds is 8. The average Bonchev–Trinajstić information content (AvgIpc) is 3.11. The summed E-state index contributed by atoms with van der Waals surface area (Å²) in [5.41, 5.74) is 5.78. The smallest absolute Gasteiger partial charge is 0.255 e. The van der Waals surface area contributed by atoms with Gasteiger partial charge in [-0.25, -0.2) is 0 Å². The van der Waals surface area contributed by atoms with Crippen molar-refractivity contribution >= 4 is 5.91 Å². The molecule has 3 aromatic rings. The molecule has 0 bridgehead atoms. The third kappa shape index (κ3) is 5.08. The van der Waals surface area contributed by atoms with E-state index < -0.39 is 0 Å². The number of nitrogens with zero attached hydrogens (tertiary/aromatic N) is 2. The van der Waals surface area contributed by atoms with Crippen molar-refractivity contribution in [3.05, 3.63) is 77.0 Å². The molecule has 0 aliphatic rings. The number of carbonyl (C=O) groups excluding carboxylic acids is 1. The number of carbonyl (C=O) groups is 1. The van der Waals surface area contributed by atoms with E-state index in [-0.39, 0.29) is 5.91 Å². The quantitative estimate of drug-likeness (QED) is 0.604. The third-order valence-electron chi connectivity index (χ3n) is 4.61. The largest absolute Gasteiger partial charge is 0.385 e. The van der Waals surface area contributed by atoms with Gasteiger partial charge in [0.05, 0.1) is 12.1 Å². The van der Waals surface area contributed by atoms with E-state index in [0.29, 0.717) is 31.0 Å². The van der Waals surface area contributed by atoms with Crippen molar-refractivity contribution in [2.75, 3.05) is 20.3 Å². The summed E-state index contributed by atoms with van der Waals surface area (Å²) in [6.07, 6.45) is 2.61. The van der Waals surface area contributed by atoms with E-state index in [9.17, 15) is 4.79 Å². The Balaban J connectivity index is 1.86. The van der Waals surface area contributed by atoms with Gasteiger partial charge in [0.2, 0.25) is 0 Å². The zero-order valence-electron chi connectivity index (χ0n) is 16.7. The van der Waals surface area contributed by atoms with Crippen LogP contribution in [-0.2, 0) is 11.3 Å². The summed E-state index contributed by atoms with van der Waals surface area (Å²) >= 11 is 0. The second-order valence-corrected chi connectivity index (χ2v) is 7.04. The lowest BCUT2D eigenvalue weighted by Gasteiger charge is -2.05. The number of aryl methyl sites for hydroxylation is 2. The van der Waals surface area contributed by atoms with Crippen LogP contribution in [0.15, 0.2) is 54.7 Å². The predicted molar refractivity (Wildman–Crippen MR) is 112 cm³/mol. The minimum atomic E-state index is -0.109. The van der Waals surface area contributed by atoms with Crippen LogP contribution in [0.3, 0.4) is 0 Å². The fraction of sp³-hybridized carbons (Fsp3) is 0.304. The zero-order valence-corrected chi connectivity index (χ0v) is 16.7. The molecular weight excluding hydrogens is 350 g/mol. The molecule has 1 amide bonds. The van der Waals surface area contributed by atoms with Crippen LogP contribution in [0.2, 0.25) is 0 Å². The number of nitrogens with one attached hydrogen (secondary N) is 1. The van der Waals surface area contributed by atoms with Crippen molar-refractivity contribution in [2.24, 2.45) is 0 Å². The number of benzene rings is 2. The Bertz CT molecular complexity index is 912. The average molecular weight is 377 g/mol. The SMILES string of the molecule is COCCCNC(=O)c1cn(Cc2ccc(C)cc2)nc1-c1ccc(C)cc1. The fourth-order valence-corrected chi connectivity index (χ4v) is 2.99. The van der Waals surface area contributed by atoms with Gasteiger partial charge in [0.25, 0.3) is 5.91 Å². The molecule has 0 saturated heterocycles. The van der Waals surface area contributed by atoms with Crippen molar-refractivity contribution < 1.29 is 9.53 Å². The molecule has 0 atom stereocenters. The zero-order chi connectivity index (χ0) is 19.9. The highest BCUT2D eigenvalue weighted by molar-refractivity contribution is 5.99. The first-order chi connectivity index (χ1) is 13.6. The van der Waals surface area contributed by atoms with Crippen LogP contribution in [0.4, 0.5) is 0 Å². The Hall–Kier alpha value is -2.92. The van der Waals surface area contributed by atoms with Crippen LogP contribution in [0.5, 0.6) is 0 Å². The first kappa shape index (κ1) is 19.8. The van der Waals surface area contributed by atoms with E-state index >= 15 is 0 Å². The maximum absolute atomic E-state index is 12.8. The molecular formula is C23H27N3O2. The first-order valence-electron chi connectivity index (χ1n) is 9.54. The number of amides is 1. The lowest BCUT2D eigenvalue weighted by atomic mass is 10.1. The molecule has 0 fully saturated rings. The normalized spacial score (nSPS) is 10.8. The summed E-state index contributed by atoms with van der Waals surface area (Å²) in [6, 6.07) is 16.4. The Morgan fingerprint density at radius 2 is 1.68 bits per heavy atom. The second kappa shape index (κ2) is 9.33. The predicted octanol–water partition coefficient (Wildman–Crippen LogP) is 3.98. The number of hydrogen-bond acceptors (Lipinski definition) is 3. The molecule has 0 aliphatic carbocycles. The summed E-state index contributed by atoms with van der Waals surface area (Å²) in [5, 5.41) is 7.69. The first-order valence-corrected chi connectivity index (χ1v) is 9.54. The molecule has 1 aromatic heterocycles. The summed E-state index contributed by atoms with van der Waals surface area (Å²) in [4.78, 5) is 12.8. The van der Waals surface area contributed by atoms with Gasteiger partial charge in [0.1, 0.15) is 5.69 Å². The van der Waals surface area contributed by atoms with E-state index in [0.717, 1.165) is 17.5 Å². The Morgan fingerprint density at radius 3 is 2.32 bits per heavy atom. The van der Waals surface area contributed by atoms with Crippen LogP contribution < -0.4 is 5.32 Å². The Morgan fingerprint density at radius 1 is 1.04 bits per heavy atom. The molecule has 0 unspecified atom stereocenters. The summed E-state index contributed by atoms with van der Waals surface area (Å²) < 4.78 is 6.88. The molecule has 28 heavy (non-hydrogen) atoms. The number of ether oxygens (including phenoxy) is 1. The van der Waals surface area contributed by atoms with E-state index in [1.807, 2.05) is 42.1 Å². The molecule has 5 nitrogen and oxygen atoms in total. The molecule has 1 heterocycles. The number of methoxy groups -OCH3 is 1. The third-order valence-corrected chi connectivity index (χ3v) is 4.61. The minimum absolute atomic E-state index is 0.109. The van der Waals surface area contributed by atoms with E-state index in [1.165, 1.54) is 11.1 Å². The van der Waals surface area contributed by atoms with Gasteiger partial charge in [-0.1, -0.05) is 59.7 Å². The van der Waals surface area contributed by atoms with Gasteiger partial charge in [-0.2, -0.15) is 5.10 Å². The molecule has 3 rings (SSSR count). The van der Waals surface area contributed by atoms with Crippen molar-refractivity contribution in [3.63, 3.8) is 0 Å². The lowest BCUT2D eigenvalue weighted by molar-refractivity contribution is 0.0949. The van der Waals surface area contributed by atoms with Crippen molar-refractivity contribution in [1.29, 1.82) is 0 Å². The maximum atomic E-state index is 12.8. The highest BCUT2D eigenvalue weighted by Crippen LogP contribution is 2.23. The van der Waals surface area contributed by atoms with Crippen LogP contribution in [0, 0.1) is 13.8 Å². The molecule has 0 radical (unpaired) electrons. The van der Waals surface area contributed by atoms with Crippen LogP contribution in [0.1, 0.15) is 33.5 Å². The molecule has 5 heteroatoms. The van der Waals surface area contributed by atoms with Crippen LogP contribution >= 0.6 is 0 Å². The number of hydrogen-bond donors (Lipinski definition) is 1. The Labute approximate surface area is 166 Å². The van der Waals surface area contributed by atoms with Gasteiger partial charge in [0.15, 0.2) is 0 Å². The maximum Gasteiger partial charge on any atom is 0.255 e. The van der Waals surface area contributed by atoms with Crippen molar-refractivity contribution in [1.82, 2.24) is 15.1 Å². The van der Waals surface area contributed by atoms with Crippen LogP contribution in [-0.4, -0.2) is 35.9 Å². The minimum Gasteiger partial charge on any atom is -0.385 e. The molecule has 1 N–H and O–H groups in total. The van der Waals surface area contributed by atoms with E-state index in [4.69, 9.17) is 9.84 Å². The van der Waals surface area contributed by atoms with E-state index in [1.54, 1.807) is 7.11 Å². The fourth-order valence-electron chi connectivity index (χ4n) is 2.99. The molecule has 0 saturated carbocycles. The van der Waals surface area contributed by atoms with Gasteiger partial charge in [-0.05, 0) is 25.8 Å². The van der Waals surface area contributed by atoms with Gasteiger partial charge >= 0.3 is 0 Å². The molecule has 0 spiro atoms.